The summed E-state index contributed by atoms with van der Waals surface area (Å²) >= 11 is 12.2. The third kappa shape index (κ3) is 3.33. The van der Waals surface area contributed by atoms with E-state index >= 15 is 0 Å². The standard InChI is InChI=1S/C7H7Cl2NO4S2/c1-14-6(11)3-10-16(12,13)4-2-5(8)15-7(4)9/h2,10H,3H2,1H3. The van der Waals surface area contributed by atoms with Gasteiger partial charge in [-0.2, -0.15) is 4.72 Å². The second-order valence-electron chi connectivity index (χ2n) is 2.59. The van der Waals surface area contributed by atoms with Gasteiger partial charge in [0.25, 0.3) is 0 Å². The minimum Gasteiger partial charge on any atom is -0.468 e. The lowest BCUT2D eigenvalue weighted by Gasteiger charge is -2.03. The van der Waals surface area contributed by atoms with Gasteiger partial charge in [-0.3, -0.25) is 4.79 Å². The van der Waals surface area contributed by atoms with E-state index in [0.29, 0.717) is 0 Å². The Kier molecular flexibility index (Phi) is 4.57. The summed E-state index contributed by atoms with van der Waals surface area (Å²) in [6.07, 6.45) is 0. The number of carbonyl (C=O) groups excluding carboxylic acids is 1. The Morgan fingerprint density at radius 2 is 2.19 bits per heavy atom. The molecular weight excluding hydrogens is 297 g/mol. The van der Waals surface area contributed by atoms with E-state index < -0.39 is 22.5 Å². The molecule has 1 N–H and O–H groups in total. The van der Waals surface area contributed by atoms with Gasteiger partial charge in [0.15, 0.2) is 0 Å². The molecule has 0 spiro atoms. The molecule has 0 bridgehead atoms. The lowest BCUT2D eigenvalue weighted by atomic mass is 10.7. The van der Waals surface area contributed by atoms with Crippen LogP contribution in [0.25, 0.3) is 0 Å². The SMILES string of the molecule is COC(=O)CNS(=O)(=O)c1cc(Cl)sc1Cl. The molecule has 16 heavy (non-hydrogen) atoms. The predicted octanol–water partition coefficient (Wildman–Crippen LogP) is 1.51. The number of hydrogen-bond donors (Lipinski definition) is 1. The molecule has 0 aliphatic carbocycles. The summed E-state index contributed by atoms with van der Waals surface area (Å²) in [5.74, 6) is -0.693. The van der Waals surface area contributed by atoms with E-state index in [-0.39, 0.29) is 13.6 Å². The van der Waals surface area contributed by atoms with E-state index in [1.165, 1.54) is 6.07 Å². The molecular formula is C7H7Cl2NO4S2. The number of carbonyl (C=O) groups is 1. The van der Waals surface area contributed by atoms with E-state index in [2.05, 4.69) is 4.74 Å². The normalized spacial score (nSPS) is 11.4. The first-order valence-corrected chi connectivity index (χ1v) is 6.93. The van der Waals surface area contributed by atoms with Crippen LogP contribution in [0.15, 0.2) is 11.0 Å². The molecule has 0 amide bonds. The van der Waals surface area contributed by atoms with Crippen LogP contribution in [0.1, 0.15) is 0 Å². The van der Waals surface area contributed by atoms with E-state index in [0.717, 1.165) is 18.4 Å². The summed E-state index contributed by atoms with van der Waals surface area (Å²) in [4.78, 5) is 10.6. The monoisotopic (exact) mass is 303 g/mol. The van der Waals surface area contributed by atoms with Crippen molar-refractivity contribution in [2.24, 2.45) is 0 Å². The lowest BCUT2D eigenvalue weighted by Crippen LogP contribution is -2.30. The van der Waals surface area contributed by atoms with Crippen molar-refractivity contribution in [1.82, 2.24) is 4.72 Å². The third-order valence-electron chi connectivity index (χ3n) is 1.55. The van der Waals surface area contributed by atoms with Crippen LogP contribution < -0.4 is 4.72 Å². The van der Waals surface area contributed by atoms with Gasteiger partial charge in [-0.1, -0.05) is 23.2 Å². The number of nitrogens with one attached hydrogen (secondary N) is 1. The maximum absolute atomic E-state index is 11.6. The van der Waals surface area contributed by atoms with Crippen LogP contribution in [-0.4, -0.2) is 28.0 Å². The largest absolute Gasteiger partial charge is 0.468 e. The number of ether oxygens (including phenoxy) is 1. The highest BCUT2D eigenvalue weighted by atomic mass is 35.5. The molecule has 9 heteroatoms. The average Bonchev–Trinajstić information content (AvgIpc) is 2.55. The lowest BCUT2D eigenvalue weighted by molar-refractivity contribution is -0.139. The maximum Gasteiger partial charge on any atom is 0.320 e. The number of methoxy groups -OCH3 is 1. The molecule has 1 rings (SSSR count). The van der Waals surface area contributed by atoms with E-state index in [1.807, 2.05) is 4.72 Å². The Bertz CT molecular complexity index is 496. The number of halogens is 2. The zero-order valence-corrected chi connectivity index (χ0v) is 11.1. The zero-order chi connectivity index (χ0) is 12.3. The van der Waals surface area contributed by atoms with E-state index in [4.69, 9.17) is 23.2 Å². The topological polar surface area (TPSA) is 72.5 Å². The van der Waals surface area contributed by atoms with Gasteiger partial charge in [-0.15, -0.1) is 11.3 Å². The summed E-state index contributed by atoms with van der Waals surface area (Å²) in [6.45, 7) is -0.456. The van der Waals surface area contributed by atoms with Crippen molar-refractivity contribution in [1.29, 1.82) is 0 Å². The fourth-order valence-corrected chi connectivity index (χ4v) is 3.93. The molecule has 0 aliphatic rings. The molecule has 0 fully saturated rings. The molecule has 90 valence electrons. The van der Waals surface area contributed by atoms with Crippen LogP contribution in [-0.2, 0) is 19.6 Å². The minimum atomic E-state index is -3.83. The van der Waals surface area contributed by atoms with Crippen molar-refractivity contribution in [3.63, 3.8) is 0 Å². The summed E-state index contributed by atoms with van der Waals surface area (Å²) < 4.78 is 29.9. The number of thiophene rings is 1. The maximum atomic E-state index is 11.6. The molecule has 1 heterocycles. The summed E-state index contributed by atoms with van der Waals surface area (Å²) in [5.41, 5.74) is 0. The first-order valence-electron chi connectivity index (χ1n) is 3.88. The Hall–Kier alpha value is -0.340. The molecule has 0 atom stereocenters. The Balaban J connectivity index is 2.86. The van der Waals surface area contributed by atoms with Gasteiger partial charge in [0, 0.05) is 0 Å². The average molecular weight is 304 g/mol. The number of hydrogen-bond acceptors (Lipinski definition) is 5. The number of sulfonamides is 1. The second kappa shape index (κ2) is 5.33. The Morgan fingerprint density at radius 1 is 1.56 bits per heavy atom. The summed E-state index contributed by atoms with van der Waals surface area (Å²) in [7, 11) is -2.67. The molecule has 0 unspecified atom stereocenters. The van der Waals surface area contributed by atoms with Crippen LogP contribution in [0.5, 0.6) is 0 Å². The highest BCUT2D eigenvalue weighted by molar-refractivity contribution is 7.89. The van der Waals surface area contributed by atoms with E-state index in [1.54, 1.807) is 0 Å². The molecule has 0 aromatic carbocycles. The minimum absolute atomic E-state index is 0.0439. The van der Waals surface area contributed by atoms with Gasteiger partial charge in [0.1, 0.15) is 15.8 Å². The molecule has 0 aliphatic heterocycles. The van der Waals surface area contributed by atoms with Gasteiger partial charge < -0.3 is 4.74 Å². The Morgan fingerprint density at radius 3 is 2.62 bits per heavy atom. The fourth-order valence-electron chi connectivity index (χ4n) is 0.812. The summed E-state index contributed by atoms with van der Waals surface area (Å²) in [6, 6.07) is 1.22. The highest BCUT2D eigenvalue weighted by Crippen LogP contribution is 2.33. The highest BCUT2D eigenvalue weighted by Gasteiger charge is 2.21. The van der Waals surface area contributed by atoms with Crippen molar-refractivity contribution in [3.05, 3.63) is 14.7 Å². The quantitative estimate of drug-likeness (QED) is 0.856. The molecule has 0 saturated carbocycles. The van der Waals surface area contributed by atoms with Crippen molar-refractivity contribution >= 4 is 50.5 Å². The van der Waals surface area contributed by atoms with Crippen molar-refractivity contribution < 1.29 is 17.9 Å². The van der Waals surface area contributed by atoms with Crippen molar-refractivity contribution in [2.45, 2.75) is 4.90 Å². The fraction of sp³-hybridized carbons (Fsp3) is 0.286. The van der Waals surface area contributed by atoms with Gasteiger partial charge in [-0.05, 0) is 6.07 Å². The molecule has 1 aromatic rings. The molecule has 1 aromatic heterocycles. The molecule has 0 radical (unpaired) electrons. The van der Waals surface area contributed by atoms with Crippen molar-refractivity contribution in [3.8, 4) is 0 Å². The third-order valence-corrected chi connectivity index (χ3v) is 4.70. The smallest absolute Gasteiger partial charge is 0.320 e. The summed E-state index contributed by atoms with van der Waals surface area (Å²) in [5, 5.41) is 0. The van der Waals surface area contributed by atoms with Crippen LogP contribution in [0.3, 0.4) is 0 Å². The Labute approximate surface area is 106 Å². The van der Waals surface area contributed by atoms with Crippen LogP contribution >= 0.6 is 34.5 Å². The van der Waals surface area contributed by atoms with Crippen LogP contribution in [0, 0.1) is 0 Å². The van der Waals surface area contributed by atoms with Crippen LogP contribution in [0.4, 0.5) is 0 Å². The van der Waals surface area contributed by atoms with E-state index in [9.17, 15) is 13.2 Å². The van der Waals surface area contributed by atoms with Gasteiger partial charge >= 0.3 is 5.97 Å². The second-order valence-corrected chi connectivity index (χ2v) is 6.61. The number of rotatable bonds is 4. The first-order chi connectivity index (χ1) is 7.36. The molecule has 0 saturated heterocycles. The van der Waals surface area contributed by atoms with Crippen LogP contribution in [0.2, 0.25) is 8.67 Å². The molecule has 5 nitrogen and oxygen atoms in total. The first kappa shape index (κ1) is 13.7. The van der Waals surface area contributed by atoms with Gasteiger partial charge in [0.2, 0.25) is 10.0 Å². The zero-order valence-electron chi connectivity index (χ0n) is 7.99. The van der Waals surface area contributed by atoms with Gasteiger partial charge in [-0.25, -0.2) is 8.42 Å². The van der Waals surface area contributed by atoms with Crippen molar-refractivity contribution in [2.75, 3.05) is 13.7 Å². The van der Waals surface area contributed by atoms with Gasteiger partial charge in [0.05, 0.1) is 11.4 Å². The number of esters is 1. The predicted molar refractivity (Wildman–Crippen MR) is 61.5 cm³/mol.